The second-order valence-electron chi connectivity index (χ2n) is 6.19. The molecule has 0 unspecified atom stereocenters. The van der Waals surface area contributed by atoms with Gasteiger partial charge in [0.1, 0.15) is 0 Å². The van der Waals surface area contributed by atoms with Crippen LogP contribution >= 0.6 is 15.9 Å². The third-order valence-corrected chi connectivity index (χ3v) is 3.92. The topological polar surface area (TPSA) is 55.1 Å². The Morgan fingerprint density at radius 2 is 1.76 bits per heavy atom. The number of hydrogen-bond acceptors (Lipinski definition) is 2. The monoisotopic (exact) mass is 354 g/mol. The highest BCUT2D eigenvalue weighted by Gasteiger charge is 2.20. The van der Waals surface area contributed by atoms with E-state index in [0.29, 0.717) is 6.42 Å². The van der Waals surface area contributed by atoms with Crippen LogP contribution in [0.5, 0.6) is 0 Å². The molecule has 0 radical (unpaired) electrons. The highest BCUT2D eigenvalue weighted by molar-refractivity contribution is 9.10. The van der Waals surface area contributed by atoms with Crippen LogP contribution in [0.1, 0.15) is 51.5 Å². The first-order valence-electron chi connectivity index (χ1n) is 7.68. The zero-order valence-electron chi connectivity index (χ0n) is 13.1. The lowest BCUT2D eigenvalue weighted by molar-refractivity contribution is -0.122. The minimum Gasteiger partial charge on any atom is -0.351 e. The predicted molar refractivity (Wildman–Crippen MR) is 92.2 cm³/mol. The van der Waals surface area contributed by atoms with Gasteiger partial charge in [-0.1, -0.05) is 40.9 Å². The van der Waals surface area contributed by atoms with E-state index in [-0.39, 0.29) is 11.4 Å². The first-order valence-corrected chi connectivity index (χ1v) is 8.48. The summed E-state index contributed by atoms with van der Waals surface area (Å²) >= 11 is 3.43. The van der Waals surface area contributed by atoms with Crippen LogP contribution in [-0.4, -0.2) is 18.0 Å². The summed E-state index contributed by atoms with van der Waals surface area (Å²) in [4.78, 5) is 12.0. The molecule has 3 N–H and O–H groups in total. The zero-order chi connectivity index (χ0) is 15.7. The van der Waals surface area contributed by atoms with Crippen molar-refractivity contribution in [3.63, 3.8) is 0 Å². The molecule has 1 aromatic rings. The Bertz CT molecular complexity index is 429. The van der Waals surface area contributed by atoms with Crippen molar-refractivity contribution >= 4 is 21.8 Å². The van der Waals surface area contributed by atoms with Crippen molar-refractivity contribution in [2.24, 2.45) is 5.73 Å². The molecular formula is C17H27BrN2O. The third kappa shape index (κ3) is 8.22. The summed E-state index contributed by atoms with van der Waals surface area (Å²) in [6.45, 7) is 4.88. The number of rotatable bonds is 9. The number of nitrogens with two attached hydrogens (primary N) is 1. The van der Waals surface area contributed by atoms with Crippen LogP contribution in [-0.2, 0) is 11.2 Å². The van der Waals surface area contributed by atoms with Gasteiger partial charge >= 0.3 is 0 Å². The molecule has 1 aromatic carbocycles. The zero-order valence-corrected chi connectivity index (χ0v) is 14.7. The van der Waals surface area contributed by atoms with Crippen molar-refractivity contribution < 1.29 is 4.79 Å². The molecule has 4 heteroatoms. The number of amides is 1. The SMILES string of the molecule is CC(C)(Cc1ccc(Br)cc1)NC(=O)CCCCCCN. The Morgan fingerprint density at radius 3 is 2.38 bits per heavy atom. The lowest BCUT2D eigenvalue weighted by Gasteiger charge is -2.26. The molecule has 1 amide bonds. The average Bonchev–Trinajstić information content (AvgIpc) is 2.40. The highest BCUT2D eigenvalue weighted by atomic mass is 79.9. The van der Waals surface area contributed by atoms with Crippen LogP contribution in [0.2, 0.25) is 0 Å². The Morgan fingerprint density at radius 1 is 1.14 bits per heavy atom. The molecule has 0 spiro atoms. The van der Waals surface area contributed by atoms with Crippen LogP contribution in [0.15, 0.2) is 28.7 Å². The number of benzene rings is 1. The maximum Gasteiger partial charge on any atom is 0.220 e. The number of halogens is 1. The molecule has 0 bridgehead atoms. The van der Waals surface area contributed by atoms with Crippen molar-refractivity contribution in [3.8, 4) is 0 Å². The van der Waals surface area contributed by atoms with E-state index in [1.54, 1.807) is 0 Å². The first-order chi connectivity index (χ1) is 9.93. The van der Waals surface area contributed by atoms with Crippen LogP contribution in [0.25, 0.3) is 0 Å². The molecule has 0 fully saturated rings. The van der Waals surface area contributed by atoms with Gasteiger partial charge < -0.3 is 11.1 Å². The molecule has 0 aromatic heterocycles. The van der Waals surface area contributed by atoms with Gasteiger partial charge in [0.05, 0.1) is 0 Å². The molecule has 0 atom stereocenters. The summed E-state index contributed by atoms with van der Waals surface area (Å²) in [5.74, 6) is 0.143. The van der Waals surface area contributed by atoms with Gasteiger partial charge in [-0.15, -0.1) is 0 Å². The van der Waals surface area contributed by atoms with Crippen molar-refractivity contribution in [2.45, 2.75) is 57.9 Å². The van der Waals surface area contributed by atoms with E-state index >= 15 is 0 Å². The minimum absolute atomic E-state index is 0.143. The Hall–Kier alpha value is -0.870. The lowest BCUT2D eigenvalue weighted by atomic mass is 9.94. The number of hydrogen-bond donors (Lipinski definition) is 2. The first kappa shape index (κ1) is 18.2. The largest absolute Gasteiger partial charge is 0.351 e. The van der Waals surface area contributed by atoms with Crippen molar-refractivity contribution in [1.82, 2.24) is 5.32 Å². The van der Waals surface area contributed by atoms with E-state index < -0.39 is 0 Å². The summed E-state index contributed by atoms with van der Waals surface area (Å²) in [7, 11) is 0. The standard InChI is InChI=1S/C17H27BrN2O/c1-17(2,13-14-8-10-15(18)11-9-14)20-16(21)7-5-3-4-6-12-19/h8-11H,3-7,12-13,19H2,1-2H3,(H,20,21). The smallest absolute Gasteiger partial charge is 0.220 e. The molecule has 21 heavy (non-hydrogen) atoms. The Balaban J connectivity index is 2.33. The summed E-state index contributed by atoms with van der Waals surface area (Å²) in [6, 6.07) is 8.24. The second kappa shape index (κ2) is 9.21. The van der Waals surface area contributed by atoms with Gasteiger partial charge in [0.2, 0.25) is 5.91 Å². The van der Waals surface area contributed by atoms with Crippen LogP contribution in [0.4, 0.5) is 0 Å². The fourth-order valence-corrected chi connectivity index (χ4v) is 2.64. The minimum atomic E-state index is -0.220. The van der Waals surface area contributed by atoms with E-state index in [9.17, 15) is 4.79 Å². The molecule has 3 nitrogen and oxygen atoms in total. The van der Waals surface area contributed by atoms with Crippen LogP contribution in [0, 0.1) is 0 Å². The van der Waals surface area contributed by atoms with Crippen molar-refractivity contribution in [3.05, 3.63) is 34.3 Å². The molecule has 0 aliphatic heterocycles. The van der Waals surface area contributed by atoms with Crippen LogP contribution < -0.4 is 11.1 Å². The van der Waals surface area contributed by atoms with Gasteiger partial charge in [0.25, 0.3) is 0 Å². The molecule has 0 heterocycles. The van der Waals surface area contributed by atoms with Gasteiger partial charge in [-0.05, 0) is 57.4 Å². The molecule has 0 aliphatic carbocycles. The second-order valence-corrected chi connectivity index (χ2v) is 7.10. The number of carbonyl (C=O) groups excluding carboxylic acids is 1. The third-order valence-electron chi connectivity index (χ3n) is 3.40. The van der Waals surface area contributed by atoms with E-state index in [1.807, 2.05) is 12.1 Å². The Kier molecular flexibility index (Phi) is 7.97. The maximum absolute atomic E-state index is 12.0. The van der Waals surface area contributed by atoms with Gasteiger partial charge in [-0.3, -0.25) is 4.79 Å². The number of nitrogens with one attached hydrogen (secondary N) is 1. The molecular weight excluding hydrogens is 328 g/mol. The summed E-state index contributed by atoms with van der Waals surface area (Å²) < 4.78 is 1.07. The Labute approximate surface area is 136 Å². The van der Waals surface area contributed by atoms with Crippen molar-refractivity contribution in [2.75, 3.05) is 6.54 Å². The average molecular weight is 355 g/mol. The number of unbranched alkanes of at least 4 members (excludes halogenated alkanes) is 3. The van der Waals surface area contributed by atoms with Gasteiger partial charge in [-0.25, -0.2) is 0 Å². The normalized spacial score (nSPS) is 11.4. The summed E-state index contributed by atoms with van der Waals surface area (Å²) in [5.41, 5.74) is 6.46. The van der Waals surface area contributed by atoms with Gasteiger partial charge in [0, 0.05) is 16.4 Å². The van der Waals surface area contributed by atoms with E-state index in [4.69, 9.17) is 5.73 Å². The van der Waals surface area contributed by atoms with Crippen molar-refractivity contribution in [1.29, 1.82) is 0 Å². The highest BCUT2D eigenvalue weighted by Crippen LogP contribution is 2.16. The van der Waals surface area contributed by atoms with E-state index in [0.717, 1.165) is 43.1 Å². The maximum atomic E-state index is 12.0. The molecule has 118 valence electrons. The molecule has 0 saturated carbocycles. The quantitative estimate of drug-likeness (QED) is 0.662. The summed E-state index contributed by atoms with van der Waals surface area (Å²) in [5, 5.41) is 3.13. The predicted octanol–water partition coefficient (Wildman–Crippen LogP) is 3.80. The molecule has 1 rings (SSSR count). The van der Waals surface area contributed by atoms with Gasteiger partial charge in [-0.2, -0.15) is 0 Å². The fraction of sp³-hybridized carbons (Fsp3) is 0.588. The molecule has 0 saturated heterocycles. The summed E-state index contributed by atoms with van der Waals surface area (Å²) in [6.07, 6.45) is 5.63. The lowest BCUT2D eigenvalue weighted by Crippen LogP contribution is -2.45. The van der Waals surface area contributed by atoms with E-state index in [1.165, 1.54) is 5.56 Å². The molecule has 0 aliphatic rings. The van der Waals surface area contributed by atoms with Crippen LogP contribution in [0.3, 0.4) is 0 Å². The van der Waals surface area contributed by atoms with E-state index in [2.05, 4.69) is 47.2 Å². The van der Waals surface area contributed by atoms with Gasteiger partial charge in [0.15, 0.2) is 0 Å². The fourth-order valence-electron chi connectivity index (χ4n) is 2.38. The number of carbonyl (C=O) groups is 1.